The van der Waals surface area contributed by atoms with Crippen LogP contribution >= 0.6 is 0 Å². The van der Waals surface area contributed by atoms with Gasteiger partial charge < -0.3 is 17.0 Å². The molecule has 0 aliphatic rings. The largest absolute Gasteiger partial charge is 0.457 e. The zero-order valence-corrected chi connectivity index (χ0v) is 11.5. The first-order valence-electron chi connectivity index (χ1n) is 4.93. The monoisotopic (exact) mass is 302 g/mol. The standard InChI is InChI=1S/C12H10O.2H3N.H2O4S/c1-3-7-11(8-4-1)13-12-9-5-2-6-10-12;;;1-5(2,3)4/h1-10H;2*1H3;(H2,1,2,3,4). The molecule has 8 N–H and O–H groups in total. The molecular formula is C12H18N2O5S. The Labute approximate surface area is 118 Å². The van der Waals surface area contributed by atoms with Gasteiger partial charge in [0.05, 0.1) is 0 Å². The molecule has 0 bridgehead atoms. The first-order valence-corrected chi connectivity index (χ1v) is 6.33. The third kappa shape index (κ3) is 11.1. The van der Waals surface area contributed by atoms with Gasteiger partial charge in [-0.3, -0.25) is 9.11 Å². The van der Waals surface area contributed by atoms with Crippen LogP contribution in [0.25, 0.3) is 0 Å². The second kappa shape index (κ2) is 9.89. The van der Waals surface area contributed by atoms with Gasteiger partial charge in [0.1, 0.15) is 11.5 Å². The highest BCUT2D eigenvalue weighted by Crippen LogP contribution is 2.19. The van der Waals surface area contributed by atoms with Crippen LogP contribution in [0.5, 0.6) is 11.5 Å². The molecule has 0 unspecified atom stereocenters. The molecule has 2 rings (SSSR count). The van der Waals surface area contributed by atoms with Crippen molar-refractivity contribution >= 4 is 10.4 Å². The van der Waals surface area contributed by atoms with Crippen LogP contribution < -0.4 is 17.0 Å². The zero-order chi connectivity index (χ0) is 13.4. The maximum atomic E-state index is 8.74. The van der Waals surface area contributed by atoms with Crippen molar-refractivity contribution in [2.24, 2.45) is 0 Å². The lowest BCUT2D eigenvalue weighted by Crippen LogP contribution is -1.89. The lowest BCUT2D eigenvalue weighted by Gasteiger charge is -2.03. The van der Waals surface area contributed by atoms with Gasteiger partial charge in [0.25, 0.3) is 0 Å². The predicted molar refractivity (Wildman–Crippen MR) is 77.2 cm³/mol. The van der Waals surface area contributed by atoms with E-state index in [0.29, 0.717) is 0 Å². The van der Waals surface area contributed by atoms with Crippen molar-refractivity contribution in [1.29, 1.82) is 0 Å². The van der Waals surface area contributed by atoms with Gasteiger partial charge >= 0.3 is 10.4 Å². The molecule has 0 fully saturated rings. The fourth-order valence-corrected chi connectivity index (χ4v) is 1.11. The Bertz CT molecular complexity index is 515. The summed E-state index contributed by atoms with van der Waals surface area (Å²) in [5.74, 6) is 1.74. The van der Waals surface area contributed by atoms with Gasteiger partial charge in [-0.15, -0.1) is 0 Å². The van der Waals surface area contributed by atoms with Crippen LogP contribution in [0.4, 0.5) is 0 Å². The molecule has 0 aromatic heterocycles. The Hall–Kier alpha value is -1.97. The molecule has 0 radical (unpaired) electrons. The number of ether oxygens (including phenoxy) is 1. The van der Waals surface area contributed by atoms with E-state index in [-0.39, 0.29) is 12.3 Å². The van der Waals surface area contributed by atoms with Crippen molar-refractivity contribution in [1.82, 2.24) is 12.3 Å². The summed E-state index contributed by atoms with van der Waals surface area (Å²) >= 11 is 0. The molecule has 112 valence electrons. The molecule has 0 spiro atoms. The smallest absolute Gasteiger partial charge is 0.394 e. The molecule has 2 aromatic carbocycles. The van der Waals surface area contributed by atoms with E-state index in [0.717, 1.165) is 11.5 Å². The van der Waals surface area contributed by atoms with E-state index in [1.54, 1.807) is 0 Å². The maximum absolute atomic E-state index is 8.74. The van der Waals surface area contributed by atoms with E-state index < -0.39 is 10.4 Å². The van der Waals surface area contributed by atoms with Crippen LogP contribution in [-0.2, 0) is 10.4 Å². The Balaban J connectivity index is 0. The average Bonchev–Trinajstić information content (AvgIpc) is 2.29. The number of hydrogen-bond acceptors (Lipinski definition) is 5. The summed E-state index contributed by atoms with van der Waals surface area (Å²) in [6.45, 7) is 0. The Morgan fingerprint density at radius 1 is 0.700 bits per heavy atom. The van der Waals surface area contributed by atoms with Crippen molar-refractivity contribution < 1.29 is 22.3 Å². The van der Waals surface area contributed by atoms with E-state index in [1.807, 2.05) is 60.7 Å². The number of para-hydroxylation sites is 2. The number of hydrogen-bond donors (Lipinski definition) is 4. The minimum Gasteiger partial charge on any atom is -0.457 e. The summed E-state index contributed by atoms with van der Waals surface area (Å²) < 4.78 is 37.2. The summed E-state index contributed by atoms with van der Waals surface area (Å²) in [6.07, 6.45) is 0. The van der Waals surface area contributed by atoms with Gasteiger partial charge in [-0.1, -0.05) is 36.4 Å². The molecule has 0 atom stereocenters. The highest BCUT2D eigenvalue weighted by atomic mass is 32.3. The normalized spacial score (nSPS) is 9.10. The molecule has 0 amide bonds. The van der Waals surface area contributed by atoms with Crippen LogP contribution in [0, 0.1) is 0 Å². The summed E-state index contributed by atoms with van der Waals surface area (Å²) in [4.78, 5) is 0. The molecule has 8 heteroatoms. The van der Waals surface area contributed by atoms with Crippen molar-refractivity contribution in [3.63, 3.8) is 0 Å². The van der Waals surface area contributed by atoms with Crippen LogP contribution in [0.2, 0.25) is 0 Å². The van der Waals surface area contributed by atoms with E-state index in [2.05, 4.69) is 0 Å². The van der Waals surface area contributed by atoms with Crippen molar-refractivity contribution in [3.8, 4) is 11.5 Å². The first kappa shape index (κ1) is 20.3. The van der Waals surface area contributed by atoms with Crippen LogP contribution in [0.1, 0.15) is 0 Å². The molecule has 0 aliphatic heterocycles. The highest BCUT2D eigenvalue weighted by molar-refractivity contribution is 7.79. The second-order valence-corrected chi connectivity index (χ2v) is 4.07. The topological polar surface area (TPSA) is 154 Å². The van der Waals surface area contributed by atoms with Gasteiger partial charge in [0.15, 0.2) is 0 Å². The van der Waals surface area contributed by atoms with Gasteiger partial charge in [0, 0.05) is 0 Å². The third-order valence-electron chi connectivity index (χ3n) is 1.72. The van der Waals surface area contributed by atoms with Gasteiger partial charge in [-0.25, -0.2) is 0 Å². The Morgan fingerprint density at radius 2 is 0.950 bits per heavy atom. The molecule has 0 aliphatic carbocycles. The second-order valence-electron chi connectivity index (χ2n) is 3.18. The minimum absolute atomic E-state index is 0. The molecule has 0 saturated heterocycles. The fraction of sp³-hybridized carbons (Fsp3) is 0. The summed E-state index contributed by atoms with van der Waals surface area (Å²) in [6, 6.07) is 19.5. The SMILES string of the molecule is N.N.O=S(=O)(O)O.c1ccc(Oc2ccccc2)cc1. The molecule has 0 saturated carbocycles. The van der Waals surface area contributed by atoms with Crippen molar-refractivity contribution in [2.75, 3.05) is 0 Å². The minimum atomic E-state index is -4.67. The number of benzene rings is 2. The van der Waals surface area contributed by atoms with E-state index >= 15 is 0 Å². The molecule has 7 nitrogen and oxygen atoms in total. The fourth-order valence-electron chi connectivity index (χ4n) is 1.11. The van der Waals surface area contributed by atoms with Gasteiger partial charge in [-0.05, 0) is 24.3 Å². The Kier molecular flexibility index (Phi) is 10.1. The summed E-state index contributed by atoms with van der Waals surface area (Å²) in [7, 11) is -4.67. The maximum Gasteiger partial charge on any atom is 0.394 e. The predicted octanol–water partition coefficient (Wildman–Crippen LogP) is 3.15. The quantitative estimate of drug-likeness (QED) is 0.621. The highest BCUT2D eigenvalue weighted by Gasteiger charge is 1.92. The lowest BCUT2D eigenvalue weighted by atomic mass is 10.3. The van der Waals surface area contributed by atoms with Gasteiger partial charge in [0.2, 0.25) is 0 Å². The average molecular weight is 302 g/mol. The van der Waals surface area contributed by atoms with E-state index in [1.165, 1.54) is 0 Å². The summed E-state index contributed by atoms with van der Waals surface area (Å²) in [5, 5.41) is 0. The summed E-state index contributed by atoms with van der Waals surface area (Å²) in [5.41, 5.74) is 0. The molecular weight excluding hydrogens is 284 g/mol. The molecule has 0 heterocycles. The van der Waals surface area contributed by atoms with Crippen molar-refractivity contribution in [2.45, 2.75) is 0 Å². The lowest BCUT2D eigenvalue weighted by molar-refractivity contribution is 0.381. The van der Waals surface area contributed by atoms with Gasteiger partial charge in [-0.2, -0.15) is 8.42 Å². The van der Waals surface area contributed by atoms with Crippen LogP contribution in [0.3, 0.4) is 0 Å². The van der Waals surface area contributed by atoms with Crippen LogP contribution in [0.15, 0.2) is 60.7 Å². The molecule has 20 heavy (non-hydrogen) atoms. The zero-order valence-electron chi connectivity index (χ0n) is 10.7. The third-order valence-corrected chi connectivity index (χ3v) is 1.72. The first-order chi connectivity index (χ1) is 8.45. The van der Waals surface area contributed by atoms with Crippen molar-refractivity contribution in [3.05, 3.63) is 60.7 Å². The van der Waals surface area contributed by atoms with E-state index in [9.17, 15) is 0 Å². The Morgan fingerprint density at radius 3 is 1.20 bits per heavy atom. The number of rotatable bonds is 2. The van der Waals surface area contributed by atoms with E-state index in [4.69, 9.17) is 22.3 Å². The molecule has 2 aromatic rings. The van der Waals surface area contributed by atoms with Crippen LogP contribution in [-0.4, -0.2) is 17.5 Å².